The van der Waals surface area contributed by atoms with Gasteiger partial charge in [0.2, 0.25) is 0 Å². The Morgan fingerprint density at radius 2 is 1.65 bits per heavy atom. The molecule has 1 radical (unpaired) electrons. The maximum absolute atomic E-state index is 2.41. The van der Waals surface area contributed by atoms with E-state index >= 15 is 0 Å². The Hall–Kier alpha value is -1.08. The zero-order valence-electron chi connectivity index (χ0n) is 13.3. The first kappa shape index (κ1) is 15.3. The molecule has 1 atom stereocenters. The molecule has 0 N–H and O–H groups in total. The van der Waals surface area contributed by atoms with Gasteiger partial charge in [-0.2, -0.15) is 0 Å². The second-order valence-electron chi connectivity index (χ2n) is 5.86. The lowest BCUT2D eigenvalue weighted by Crippen LogP contribution is -2.52. The predicted molar refractivity (Wildman–Crippen MR) is 92.7 cm³/mol. The highest BCUT2D eigenvalue weighted by molar-refractivity contribution is 6.97. The molecule has 0 saturated carbocycles. The second-order valence-corrected chi connectivity index (χ2v) is 10.6. The summed E-state index contributed by atoms with van der Waals surface area (Å²) in [6, 6.07) is 13.8. The molecule has 1 aromatic carbocycles. The first-order valence-electron chi connectivity index (χ1n) is 8.01. The fourth-order valence-electron chi connectivity index (χ4n) is 3.47. The van der Waals surface area contributed by atoms with Gasteiger partial charge in [0.05, 0.1) is 0 Å². The number of allylic oxidation sites excluding steroid dienone is 4. The van der Waals surface area contributed by atoms with Crippen molar-refractivity contribution in [3.05, 3.63) is 59.7 Å². The molecule has 107 valence electrons. The van der Waals surface area contributed by atoms with Crippen molar-refractivity contribution in [2.75, 3.05) is 0 Å². The lowest BCUT2D eigenvalue weighted by Gasteiger charge is -2.38. The van der Waals surface area contributed by atoms with Gasteiger partial charge in [0.25, 0.3) is 0 Å². The summed E-state index contributed by atoms with van der Waals surface area (Å²) < 4.78 is 0. The molecule has 0 aliphatic heterocycles. The molecule has 1 aliphatic rings. The minimum Gasteiger partial charge on any atom is -0.0757 e. The Bertz CT molecular complexity index is 480. The zero-order chi connectivity index (χ0) is 14.6. The molecule has 20 heavy (non-hydrogen) atoms. The number of hydrogen-bond acceptors (Lipinski definition) is 0. The van der Waals surface area contributed by atoms with E-state index in [2.05, 4.69) is 76.3 Å². The predicted octanol–water partition coefficient (Wildman–Crippen LogP) is 5.04. The van der Waals surface area contributed by atoms with Gasteiger partial charge in [0, 0.05) is 5.54 Å². The van der Waals surface area contributed by atoms with Crippen LogP contribution >= 0.6 is 0 Å². The molecule has 0 heterocycles. The van der Waals surface area contributed by atoms with Gasteiger partial charge in [0.15, 0.2) is 0 Å². The van der Waals surface area contributed by atoms with Gasteiger partial charge in [-0.05, 0) is 12.3 Å². The van der Waals surface area contributed by atoms with Gasteiger partial charge in [0.1, 0.15) is 8.07 Å². The first-order valence-corrected chi connectivity index (χ1v) is 10.4. The quantitative estimate of drug-likeness (QED) is 0.642. The molecule has 0 aromatic heterocycles. The molecule has 1 aromatic rings. The van der Waals surface area contributed by atoms with Crippen molar-refractivity contribution in [1.82, 2.24) is 0 Å². The molecule has 2 rings (SSSR count). The normalized spacial score (nSPS) is 17.3. The van der Waals surface area contributed by atoms with Crippen LogP contribution in [0.3, 0.4) is 0 Å². The van der Waals surface area contributed by atoms with Crippen LogP contribution in [0.25, 0.3) is 0 Å². The lowest BCUT2D eigenvalue weighted by atomic mass is 9.97. The summed E-state index contributed by atoms with van der Waals surface area (Å²) in [6.45, 7) is 9.44. The van der Waals surface area contributed by atoms with E-state index in [-0.39, 0.29) is 0 Å². The monoisotopic (exact) mass is 283 g/mol. The minimum atomic E-state index is -1.57. The molecular formula is C19H27Si. The minimum absolute atomic E-state index is 0.675. The maximum atomic E-state index is 2.41. The van der Waals surface area contributed by atoms with Gasteiger partial charge in [-0.1, -0.05) is 99.1 Å². The van der Waals surface area contributed by atoms with Crippen molar-refractivity contribution in [3.63, 3.8) is 0 Å². The molecule has 0 fully saturated rings. The summed E-state index contributed by atoms with van der Waals surface area (Å²) in [5.74, 6) is 0.675. The van der Waals surface area contributed by atoms with E-state index in [1.54, 1.807) is 16.3 Å². The van der Waals surface area contributed by atoms with Crippen LogP contribution < -0.4 is 5.19 Å². The number of benzene rings is 1. The summed E-state index contributed by atoms with van der Waals surface area (Å²) in [6.07, 6.45) is 8.27. The van der Waals surface area contributed by atoms with Crippen molar-refractivity contribution < 1.29 is 0 Å². The fraction of sp³-hybridized carbons (Fsp3) is 0.421. The fourth-order valence-corrected chi connectivity index (χ4v) is 7.99. The Labute approximate surface area is 125 Å². The zero-order valence-corrected chi connectivity index (χ0v) is 14.3. The molecular weight excluding hydrogens is 256 g/mol. The summed E-state index contributed by atoms with van der Waals surface area (Å²) >= 11 is 0. The van der Waals surface area contributed by atoms with E-state index in [1.807, 2.05) is 0 Å². The average Bonchev–Trinajstić information content (AvgIpc) is 2.99. The van der Waals surface area contributed by atoms with Gasteiger partial charge < -0.3 is 0 Å². The van der Waals surface area contributed by atoms with E-state index in [9.17, 15) is 0 Å². The summed E-state index contributed by atoms with van der Waals surface area (Å²) in [4.78, 5) is 0. The SMILES string of the molecule is CCC(C)C1=CC=C[C]1[Si](CC)(CC)c1ccccc1. The van der Waals surface area contributed by atoms with Gasteiger partial charge in [-0.15, -0.1) is 0 Å². The third-order valence-corrected chi connectivity index (χ3v) is 10.4. The topological polar surface area (TPSA) is 0 Å². The molecule has 1 heteroatoms. The second kappa shape index (κ2) is 6.58. The van der Waals surface area contributed by atoms with Crippen molar-refractivity contribution in [2.45, 2.75) is 46.2 Å². The largest absolute Gasteiger partial charge is 0.102 e. The highest BCUT2D eigenvalue weighted by Crippen LogP contribution is 2.40. The first-order chi connectivity index (χ1) is 9.69. The van der Waals surface area contributed by atoms with Crippen LogP contribution in [0.15, 0.2) is 54.1 Å². The standard InChI is InChI=1S/C19H27Si/c1-5-16(4)18-14-11-15-19(18)20(6-2,7-3)17-12-9-8-10-13-17/h8-16H,5-7H2,1-4H3. The molecule has 0 saturated heterocycles. The van der Waals surface area contributed by atoms with Gasteiger partial charge >= 0.3 is 0 Å². The third kappa shape index (κ3) is 2.56. The number of hydrogen-bond donors (Lipinski definition) is 0. The van der Waals surface area contributed by atoms with Crippen LogP contribution in [0.1, 0.15) is 34.1 Å². The van der Waals surface area contributed by atoms with E-state index in [0.29, 0.717) is 5.92 Å². The van der Waals surface area contributed by atoms with Crippen LogP contribution in [-0.2, 0) is 0 Å². The van der Waals surface area contributed by atoms with Crippen molar-refractivity contribution in [2.24, 2.45) is 5.92 Å². The van der Waals surface area contributed by atoms with E-state index in [4.69, 9.17) is 0 Å². The Kier molecular flexibility index (Phi) is 5.04. The number of rotatable bonds is 6. The molecule has 0 amide bonds. The van der Waals surface area contributed by atoms with E-state index in [0.717, 1.165) is 0 Å². The highest BCUT2D eigenvalue weighted by atomic mass is 28.3. The summed E-state index contributed by atoms with van der Waals surface area (Å²) in [5, 5.41) is 1.60. The van der Waals surface area contributed by atoms with E-state index < -0.39 is 8.07 Å². The summed E-state index contributed by atoms with van der Waals surface area (Å²) in [5.41, 5.74) is 3.29. The lowest BCUT2D eigenvalue weighted by molar-refractivity contribution is 0.660. The van der Waals surface area contributed by atoms with Crippen LogP contribution in [-0.4, -0.2) is 8.07 Å². The summed E-state index contributed by atoms with van der Waals surface area (Å²) in [7, 11) is -1.57. The van der Waals surface area contributed by atoms with Crippen molar-refractivity contribution in [3.8, 4) is 0 Å². The van der Waals surface area contributed by atoms with Gasteiger partial charge in [-0.3, -0.25) is 0 Å². The maximum Gasteiger partial charge on any atom is 0.102 e. The average molecular weight is 284 g/mol. The molecule has 0 spiro atoms. The highest BCUT2D eigenvalue weighted by Gasteiger charge is 2.42. The molecule has 1 unspecified atom stereocenters. The van der Waals surface area contributed by atoms with Crippen molar-refractivity contribution >= 4 is 13.3 Å². The van der Waals surface area contributed by atoms with Crippen LogP contribution in [0.4, 0.5) is 0 Å². The van der Waals surface area contributed by atoms with E-state index in [1.165, 1.54) is 18.5 Å². The van der Waals surface area contributed by atoms with Crippen LogP contribution in [0, 0.1) is 11.5 Å². The van der Waals surface area contributed by atoms with Crippen LogP contribution in [0.2, 0.25) is 12.1 Å². The Balaban J connectivity index is 2.44. The Morgan fingerprint density at radius 1 is 1.00 bits per heavy atom. The Morgan fingerprint density at radius 3 is 2.20 bits per heavy atom. The van der Waals surface area contributed by atoms with Gasteiger partial charge in [-0.25, -0.2) is 0 Å². The van der Waals surface area contributed by atoms with Crippen LogP contribution in [0.5, 0.6) is 0 Å². The molecule has 1 aliphatic carbocycles. The molecule has 0 nitrogen and oxygen atoms in total. The molecule has 0 bridgehead atoms. The third-order valence-electron chi connectivity index (χ3n) is 5.04. The smallest absolute Gasteiger partial charge is 0.0757 e. The van der Waals surface area contributed by atoms with Crippen molar-refractivity contribution in [1.29, 1.82) is 0 Å².